The van der Waals surface area contributed by atoms with Gasteiger partial charge < -0.3 is 5.73 Å². The predicted octanol–water partition coefficient (Wildman–Crippen LogP) is 0.835. The highest BCUT2D eigenvalue weighted by Crippen LogP contribution is 2.11. The molecule has 16 heavy (non-hydrogen) atoms. The van der Waals surface area contributed by atoms with E-state index in [-0.39, 0.29) is 4.99 Å². The number of nitrogens with two attached hydrogens (primary N) is 1. The van der Waals surface area contributed by atoms with Crippen LogP contribution in [0.4, 0.5) is 0 Å². The number of rotatable bonds is 4. The van der Waals surface area contributed by atoms with Gasteiger partial charge in [0.2, 0.25) is 0 Å². The topological polar surface area (TPSA) is 73.8 Å². The van der Waals surface area contributed by atoms with Crippen LogP contribution in [-0.4, -0.2) is 26.0 Å². The molecule has 0 bridgehead atoms. The van der Waals surface area contributed by atoms with Crippen LogP contribution >= 0.6 is 23.6 Å². The Hall–Kier alpha value is -1.60. The van der Waals surface area contributed by atoms with Crippen molar-refractivity contribution in [2.45, 2.75) is 6.54 Å². The van der Waals surface area contributed by atoms with Gasteiger partial charge in [-0.2, -0.15) is 5.10 Å². The number of thiazole rings is 1. The van der Waals surface area contributed by atoms with Gasteiger partial charge in [0.05, 0.1) is 18.3 Å². The number of hydrogen-bond donors (Lipinski definition) is 1. The van der Waals surface area contributed by atoms with Crippen molar-refractivity contribution in [3.63, 3.8) is 0 Å². The average molecular weight is 252 g/mol. The molecule has 0 amide bonds. The van der Waals surface area contributed by atoms with Gasteiger partial charge in [0.25, 0.3) is 0 Å². The second-order valence-electron chi connectivity index (χ2n) is 3.08. The first kappa shape index (κ1) is 10.9. The summed E-state index contributed by atoms with van der Waals surface area (Å²) < 4.78 is 1.64. The van der Waals surface area contributed by atoms with Gasteiger partial charge >= 0.3 is 0 Å². The van der Waals surface area contributed by atoms with E-state index in [1.54, 1.807) is 10.9 Å². The van der Waals surface area contributed by atoms with E-state index in [9.17, 15) is 4.79 Å². The summed E-state index contributed by atoms with van der Waals surface area (Å²) in [6, 6.07) is 0. The van der Waals surface area contributed by atoms with Crippen molar-refractivity contribution < 1.29 is 4.79 Å². The third kappa shape index (κ3) is 2.31. The second kappa shape index (κ2) is 4.50. The molecule has 0 aliphatic carbocycles. The smallest absolute Gasteiger partial charge is 0.153 e. The molecule has 0 atom stereocenters. The van der Waals surface area contributed by atoms with Gasteiger partial charge in [-0.1, -0.05) is 12.2 Å². The normalized spacial score (nSPS) is 10.2. The first-order valence-corrected chi connectivity index (χ1v) is 5.69. The van der Waals surface area contributed by atoms with E-state index in [4.69, 9.17) is 18.0 Å². The molecule has 82 valence electrons. The monoisotopic (exact) mass is 252 g/mol. The van der Waals surface area contributed by atoms with Crippen LogP contribution in [0.5, 0.6) is 0 Å². The van der Waals surface area contributed by atoms with Crippen LogP contribution in [0.1, 0.15) is 21.1 Å². The number of thiocarbonyl (C=S) groups is 1. The lowest BCUT2D eigenvalue weighted by Gasteiger charge is -1.95. The van der Waals surface area contributed by atoms with Crippen molar-refractivity contribution in [2.24, 2.45) is 5.73 Å². The quantitative estimate of drug-likeness (QED) is 0.644. The van der Waals surface area contributed by atoms with Crippen molar-refractivity contribution in [2.75, 3.05) is 0 Å². The van der Waals surface area contributed by atoms with Crippen LogP contribution in [0.25, 0.3) is 0 Å². The van der Waals surface area contributed by atoms with Crippen molar-refractivity contribution >= 4 is 34.8 Å². The standard InChI is InChI=1S/C9H8N4OS2/c10-9(15)7-5-16-8(12-7)3-13-2-6(4-14)1-11-13/h1-2,4-5H,3H2,(H2,10,15). The summed E-state index contributed by atoms with van der Waals surface area (Å²) in [6.45, 7) is 0.515. The summed E-state index contributed by atoms with van der Waals surface area (Å²) in [5.74, 6) is 0. The molecule has 0 fully saturated rings. The molecule has 0 aliphatic heterocycles. The molecule has 2 heterocycles. The van der Waals surface area contributed by atoms with E-state index in [0.29, 0.717) is 17.8 Å². The van der Waals surface area contributed by atoms with E-state index >= 15 is 0 Å². The number of aromatic nitrogens is 3. The van der Waals surface area contributed by atoms with E-state index in [1.165, 1.54) is 17.5 Å². The van der Waals surface area contributed by atoms with Gasteiger partial charge in [-0.05, 0) is 0 Å². The highest BCUT2D eigenvalue weighted by Gasteiger charge is 2.05. The van der Waals surface area contributed by atoms with Gasteiger partial charge in [-0.3, -0.25) is 9.48 Å². The summed E-state index contributed by atoms with van der Waals surface area (Å²) in [5.41, 5.74) is 6.62. The molecule has 7 heteroatoms. The SMILES string of the molecule is NC(=S)c1csc(Cn2cc(C=O)cn2)n1. The van der Waals surface area contributed by atoms with Crippen LogP contribution in [0.2, 0.25) is 0 Å². The molecule has 2 aromatic heterocycles. The Morgan fingerprint density at radius 1 is 1.69 bits per heavy atom. The fourth-order valence-electron chi connectivity index (χ4n) is 1.16. The molecule has 0 unspecified atom stereocenters. The summed E-state index contributed by atoms with van der Waals surface area (Å²) in [6.07, 6.45) is 3.93. The van der Waals surface area contributed by atoms with Gasteiger partial charge in [-0.15, -0.1) is 11.3 Å². The average Bonchev–Trinajstić information content (AvgIpc) is 2.87. The Bertz CT molecular complexity index is 531. The molecule has 0 radical (unpaired) electrons. The molecular weight excluding hydrogens is 244 g/mol. The first-order chi connectivity index (χ1) is 7.69. The van der Waals surface area contributed by atoms with Gasteiger partial charge in [0.1, 0.15) is 15.7 Å². The van der Waals surface area contributed by atoms with E-state index in [2.05, 4.69) is 10.1 Å². The molecule has 0 aliphatic rings. The molecule has 0 aromatic carbocycles. The molecule has 0 spiro atoms. The molecule has 2 rings (SSSR count). The minimum absolute atomic E-state index is 0.288. The molecule has 0 saturated heterocycles. The molecule has 2 N–H and O–H groups in total. The zero-order valence-corrected chi connectivity index (χ0v) is 9.79. The van der Waals surface area contributed by atoms with Crippen molar-refractivity contribution in [3.05, 3.63) is 34.0 Å². The van der Waals surface area contributed by atoms with E-state index in [1.807, 2.05) is 5.38 Å². The summed E-state index contributed by atoms with van der Waals surface area (Å²) in [5, 5.41) is 6.68. The van der Waals surface area contributed by atoms with Gasteiger partial charge in [-0.25, -0.2) is 4.98 Å². The largest absolute Gasteiger partial charge is 0.388 e. The Morgan fingerprint density at radius 3 is 3.06 bits per heavy atom. The number of nitrogens with zero attached hydrogens (tertiary/aromatic N) is 3. The highest BCUT2D eigenvalue weighted by molar-refractivity contribution is 7.80. The highest BCUT2D eigenvalue weighted by atomic mass is 32.1. The Balaban J connectivity index is 2.13. The maximum atomic E-state index is 10.5. The number of aldehydes is 1. The fraction of sp³-hybridized carbons (Fsp3) is 0.111. The van der Waals surface area contributed by atoms with E-state index < -0.39 is 0 Å². The maximum absolute atomic E-state index is 10.5. The molecule has 2 aromatic rings. The summed E-state index contributed by atoms with van der Waals surface area (Å²) in [4.78, 5) is 15.0. The third-order valence-corrected chi connectivity index (χ3v) is 2.93. The zero-order chi connectivity index (χ0) is 11.5. The lowest BCUT2D eigenvalue weighted by Crippen LogP contribution is -2.10. The Labute approximate surface area is 101 Å². The Morgan fingerprint density at radius 2 is 2.50 bits per heavy atom. The third-order valence-electron chi connectivity index (χ3n) is 1.89. The zero-order valence-electron chi connectivity index (χ0n) is 8.16. The Kier molecular flexibility index (Phi) is 3.07. The molecular formula is C9H8N4OS2. The maximum Gasteiger partial charge on any atom is 0.153 e. The predicted molar refractivity (Wildman–Crippen MR) is 64.7 cm³/mol. The van der Waals surface area contributed by atoms with Crippen molar-refractivity contribution in [3.8, 4) is 0 Å². The van der Waals surface area contributed by atoms with Crippen LogP contribution in [0.3, 0.4) is 0 Å². The molecule has 5 nitrogen and oxygen atoms in total. The number of carbonyl (C=O) groups excluding carboxylic acids is 1. The second-order valence-corrected chi connectivity index (χ2v) is 4.46. The van der Waals surface area contributed by atoms with Crippen molar-refractivity contribution in [1.82, 2.24) is 14.8 Å². The van der Waals surface area contributed by atoms with Crippen LogP contribution in [-0.2, 0) is 6.54 Å². The van der Waals surface area contributed by atoms with Gasteiger partial charge in [0, 0.05) is 11.6 Å². The minimum atomic E-state index is 0.288. The first-order valence-electron chi connectivity index (χ1n) is 4.41. The minimum Gasteiger partial charge on any atom is -0.388 e. The lowest BCUT2D eigenvalue weighted by molar-refractivity contribution is 0.112. The number of carbonyl (C=O) groups is 1. The molecule has 0 saturated carbocycles. The van der Waals surface area contributed by atoms with Crippen LogP contribution in [0.15, 0.2) is 17.8 Å². The van der Waals surface area contributed by atoms with E-state index in [0.717, 1.165) is 11.3 Å². The van der Waals surface area contributed by atoms with Crippen LogP contribution in [0, 0.1) is 0 Å². The summed E-state index contributed by atoms with van der Waals surface area (Å²) in [7, 11) is 0. The van der Waals surface area contributed by atoms with Crippen molar-refractivity contribution in [1.29, 1.82) is 0 Å². The fourth-order valence-corrected chi connectivity index (χ4v) is 2.13. The van der Waals surface area contributed by atoms with Gasteiger partial charge in [0.15, 0.2) is 6.29 Å². The lowest BCUT2D eigenvalue weighted by atomic mass is 10.4. The number of hydrogen-bond acceptors (Lipinski definition) is 5. The summed E-state index contributed by atoms with van der Waals surface area (Å²) >= 11 is 6.28. The van der Waals surface area contributed by atoms with Crippen LogP contribution < -0.4 is 5.73 Å².